The van der Waals surface area contributed by atoms with Gasteiger partial charge in [-0.25, -0.2) is 0 Å². The van der Waals surface area contributed by atoms with Crippen LogP contribution in [0.5, 0.6) is 0 Å². The first-order chi connectivity index (χ1) is 7.88. The van der Waals surface area contributed by atoms with E-state index in [4.69, 9.17) is 5.73 Å². The molecule has 1 atom stereocenters. The zero-order valence-corrected chi connectivity index (χ0v) is 11.3. The van der Waals surface area contributed by atoms with E-state index in [2.05, 4.69) is 5.32 Å². The van der Waals surface area contributed by atoms with Gasteiger partial charge in [-0.15, -0.1) is 0 Å². The fraction of sp³-hybridized carbons (Fsp3) is 0.833. The van der Waals surface area contributed by atoms with Gasteiger partial charge in [-0.2, -0.15) is 0 Å². The third-order valence-corrected chi connectivity index (χ3v) is 2.58. The molecule has 0 saturated heterocycles. The first-order valence-electron chi connectivity index (χ1n) is 6.07. The zero-order chi connectivity index (χ0) is 13.4. The van der Waals surface area contributed by atoms with Crippen molar-refractivity contribution < 1.29 is 9.59 Å². The fourth-order valence-corrected chi connectivity index (χ4v) is 1.64. The second-order valence-electron chi connectivity index (χ2n) is 4.78. The molecule has 0 spiro atoms. The van der Waals surface area contributed by atoms with Crippen LogP contribution in [0.15, 0.2) is 0 Å². The Morgan fingerprint density at radius 1 is 1.35 bits per heavy atom. The lowest BCUT2D eigenvalue weighted by molar-refractivity contribution is -0.128. The van der Waals surface area contributed by atoms with Crippen LogP contribution in [0, 0.1) is 5.92 Å². The number of hydrogen-bond donors (Lipinski definition) is 2. The van der Waals surface area contributed by atoms with E-state index >= 15 is 0 Å². The summed E-state index contributed by atoms with van der Waals surface area (Å²) in [4.78, 5) is 24.9. The smallest absolute Gasteiger partial charge is 0.234 e. The summed E-state index contributed by atoms with van der Waals surface area (Å²) in [7, 11) is 1.87. The molecule has 0 saturated carbocycles. The second kappa shape index (κ2) is 8.20. The van der Waals surface area contributed by atoms with Gasteiger partial charge < -0.3 is 11.1 Å². The summed E-state index contributed by atoms with van der Waals surface area (Å²) in [6.07, 6.45) is 0.865. The molecule has 3 N–H and O–H groups in total. The molecule has 0 aromatic heterocycles. The highest BCUT2D eigenvalue weighted by Gasteiger charge is 2.20. The number of ketones is 1. The van der Waals surface area contributed by atoms with Crippen molar-refractivity contribution in [2.75, 3.05) is 26.7 Å². The molecule has 0 rings (SSSR count). The van der Waals surface area contributed by atoms with Crippen LogP contribution in [0.4, 0.5) is 0 Å². The molecule has 0 aromatic carbocycles. The Hall–Kier alpha value is -0.940. The number of nitrogens with zero attached hydrogens (tertiary/aromatic N) is 1. The second-order valence-corrected chi connectivity index (χ2v) is 4.78. The fourth-order valence-electron chi connectivity index (χ4n) is 1.64. The van der Waals surface area contributed by atoms with E-state index in [0.29, 0.717) is 13.1 Å². The van der Waals surface area contributed by atoms with Gasteiger partial charge >= 0.3 is 0 Å². The number of nitrogens with one attached hydrogen (secondary N) is 1. The molecule has 1 unspecified atom stereocenters. The summed E-state index contributed by atoms with van der Waals surface area (Å²) in [6.45, 7) is 7.05. The summed E-state index contributed by atoms with van der Waals surface area (Å²) >= 11 is 0. The van der Waals surface area contributed by atoms with Crippen molar-refractivity contribution in [3.05, 3.63) is 0 Å². The predicted molar refractivity (Wildman–Crippen MR) is 68.6 cm³/mol. The minimum absolute atomic E-state index is 0.00189. The van der Waals surface area contributed by atoms with Crippen molar-refractivity contribution in [1.82, 2.24) is 10.2 Å². The van der Waals surface area contributed by atoms with Crippen molar-refractivity contribution in [3.8, 4) is 0 Å². The van der Waals surface area contributed by atoms with Gasteiger partial charge in [0.1, 0.15) is 0 Å². The van der Waals surface area contributed by atoms with Gasteiger partial charge in [0.15, 0.2) is 5.78 Å². The zero-order valence-electron chi connectivity index (χ0n) is 11.3. The molecule has 0 aromatic rings. The van der Waals surface area contributed by atoms with Crippen LogP contribution in [0.1, 0.15) is 27.2 Å². The lowest BCUT2D eigenvalue weighted by Crippen LogP contribution is -2.47. The van der Waals surface area contributed by atoms with Crippen molar-refractivity contribution in [2.45, 2.75) is 33.2 Å². The van der Waals surface area contributed by atoms with E-state index in [-0.39, 0.29) is 23.7 Å². The molecular formula is C12H25N3O2. The minimum Gasteiger partial charge on any atom is -0.345 e. The average Bonchev–Trinajstić information content (AvgIpc) is 2.22. The highest BCUT2D eigenvalue weighted by Crippen LogP contribution is 2.02. The van der Waals surface area contributed by atoms with Crippen molar-refractivity contribution >= 4 is 11.7 Å². The number of amides is 1. The molecular weight excluding hydrogens is 218 g/mol. The lowest BCUT2D eigenvalue weighted by Gasteiger charge is -2.22. The Morgan fingerprint density at radius 3 is 2.35 bits per heavy atom. The number of Topliss-reactive ketones (excluding diaryl/α,β-unsaturated/α-hetero) is 1. The largest absolute Gasteiger partial charge is 0.345 e. The molecule has 0 heterocycles. The van der Waals surface area contributed by atoms with E-state index in [1.165, 1.54) is 6.92 Å². The van der Waals surface area contributed by atoms with Crippen LogP contribution in [-0.2, 0) is 9.59 Å². The van der Waals surface area contributed by atoms with Crippen LogP contribution < -0.4 is 11.1 Å². The Morgan fingerprint density at radius 2 is 1.94 bits per heavy atom. The van der Waals surface area contributed by atoms with E-state index < -0.39 is 0 Å². The summed E-state index contributed by atoms with van der Waals surface area (Å²) in [5, 5.41) is 2.76. The summed E-state index contributed by atoms with van der Waals surface area (Å²) in [5.41, 5.74) is 5.40. The molecule has 5 heteroatoms. The Balaban J connectivity index is 4.10. The van der Waals surface area contributed by atoms with E-state index in [1.54, 1.807) is 0 Å². The lowest BCUT2D eigenvalue weighted by atomic mass is 10.0. The quantitative estimate of drug-likeness (QED) is 0.629. The van der Waals surface area contributed by atoms with Crippen LogP contribution in [0.2, 0.25) is 0 Å². The maximum absolute atomic E-state index is 11.7. The standard InChI is InChI=1S/C12H25N3O2/c1-9(2)12(10(3)16)14-11(17)8-15(4)7-5-6-13/h9,12H,5-8,13H2,1-4H3,(H,14,17). The number of carbonyl (C=O) groups excluding carboxylic acids is 2. The molecule has 1 amide bonds. The van der Waals surface area contributed by atoms with Crippen molar-refractivity contribution in [3.63, 3.8) is 0 Å². The first kappa shape index (κ1) is 16.1. The normalized spacial score (nSPS) is 12.9. The highest BCUT2D eigenvalue weighted by atomic mass is 16.2. The average molecular weight is 243 g/mol. The maximum Gasteiger partial charge on any atom is 0.234 e. The third kappa shape index (κ3) is 7.07. The van der Waals surface area contributed by atoms with Gasteiger partial charge in [0.25, 0.3) is 0 Å². The van der Waals surface area contributed by atoms with Crippen LogP contribution >= 0.6 is 0 Å². The van der Waals surface area contributed by atoms with Crippen molar-refractivity contribution in [1.29, 1.82) is 0 Å². The molecule has 0 fully saturated rings. The van der Waals surface area contributed by atoms with Gasteiger partial charge in [-0.05, 0) is 39.4 Å². The molecule has 0 bridgehead atoms. The van der Waals surface area contributed by atoms with E-state index in [1.807, 2.05) is 25.8 Å². The van der Waals surface area contributed by atoms with Gasteiger partial charge in [0.05, 0.1) is 12.6 Å². The van der Waals surface area contributed by atoms with E-state index in [9.17, 15) is 9.59 Å². The molecule has 100 valence electrons. The summed E-state index contributed by atoms with van der Waals surface area (Å²) in [5.74, 6) is 0.00202. The number of nitrogens with two attached hydrogens (primary N) is 1. The molecule has 0 radical (unpaired) electrons. The summed E-state index contributed by atoms with van der Waals surface area (Å²) < 4.78 is 0. The summed E-state index contributed by atoms with van der Waals surface area (Å²) in [6, 6.07) is -0.384. The number of carbonyl (C=O) groups is 2. The Labute approximate surface area is 104 Å². The molecule has 5 nitrogen and oxygen atoms in total. The highest BCUT2D eigenvalue weighted by molar-refractivity contribution is 5.88. The molecule has 17 heavy (non-hydrogen) atoms. The van der Waals surface area contributed by atoms with Gasteiger partial charge in [-0.1, -0.05) is 13.8 Å². The Bertz CT molecular complexity index is 254. The number of likely N-dealkylation sites (N-methyl/N-ethyl adjacent to an activating group) is 1. The molecule has 0 aliphatic carbocycles. The number of rotatable bonds is 8. The maximum atomic E-state index is 11.7. The van der Waals surface area contributed by atoms with E-state index in [0.717, 1.165) is 13.0 Å². The van der Waals surface area contributed by atoms with Crippen molar-refractivity contribution in [2.24, 2.45) is 11.7 Å². The molecule has 0 aliphatic rings. The third-order valence-electron chi connectivity index (χ3n) is 2.58. The van der Waals surface area contributed by atoms with Gasteiger partial charge in [0.2, 0.25) is 5.91 Å². The van der Waals surface area contributed by atoms with Gasteiger partial charge in [0, 0.05) is 0 Å². The van der Waals surface area contributed by atoms with Gasteiger partial charge in [-0.3, -0.25) is 14.5 Å². The Kier molecular flexibility index (Phi) is 7.74. The van der Waals surface area contributed by atoms with Crippen LogP contribution in [-0.4, -0.2) is 49.3 Å². The predicted octanol–water partition coefficient (Wildman–Crippen LogP) is -0.00320. The SMILES string of the molecule is CC(=O)C(NC(=O)CN(C)CCCN)C(C)C. The monoisotopic (exact) mass is 243 g/mol. The minimum atomic E-state index is -0.384. The van der Waals surface area contributed by atoms with Crippen LogP contribution in [0.3, 0.4) is 0 Å². The number of hydrogen-bond acceptors (Lipinski definition) is 4. The topological polar surface area (TPSA) is 75.4 Å². The van der Waals surface area contributed by atoms with Crippen LogP contribution in [0.25, 0.3) is 0 Å². The first-order valence-corrected chi connectivity index (χ1v) is 6.07. The molecule has 0 aliphatic heterocycles.